The van der Waals surface area contributed by atoms with Crippen LogP contribution in [0.3, 0.4) is 0 Å². The second kappa shape index (κ2) is 16.2. The van der Waals surface area contributed by atoms with Gasteiger partial charge in [0.25, 0.3) is 0 Å². The minimum Gasteiger partial charge on any atom is -0.508 e. The second-order valence-electron chi connectivity index (χ2n) is 13.0. The summed E-state index contributed by atoms with van der Waals surface area (Å²) in [6.07, 6.45) is 9.70. The molecular formula is C36H47ClFN7O2. The van der Waals surface area contributed by atoms with E-state index in [9.17, 15) is 5.11 Å². The SMILES string of the molecule is CN(CCCCN1CCNCC1)CCCOC=N/C=C(F)/C(=C(Cl)\C=C1N=C/1N1CC2CCC(C1)N2)c1cc(O)cc2ccccc12. The molecule has 2 unspecified atom stereocenters. The molecule has 2 aromatic rings. The molecule has 0 spiro atoms. The van der Waals surface area contributed by atoms with Crippen molar-refractivity contribution in [2.75, 3.05) is 72.6 Å². The zero-order valence-electron chi connectivity index (χ0n) is 27.3. The molecule has 2 atom stereocenters. The number of nitrogens with one attached hydrogen (secondary N) is 2. The highest BCUT2D eigenvalue weighted by molar-refractivity contribution is 6.36. The first-order valence-corrected chi connectivity index (χ1v) is 17.4. The maximum absolute atomic E-state index is 16.0. The number of ether oxygens (including phenoxy) is 1. The molecule has 0 saturated carbocycles. The highest BCUT2D eigenvalue weighted by Gasteiger charge is 2.37. The van der Waals surface area contributed by atoms with Crippen molar-refractivity contribution in [2.45, 2.75) is 44.2 Å². The number of rotatable bonds is 14. The number of phenols is 1. The number of likely N-dealkylation sites (tertiary alicyclic amines) is 1. The Balaban J connectivity index is 1.06. The summed E-state index contributed by atoms with van der Waals surface area (Å²) < 4.78 is 21.6. The van der Waals surface area contributed by atoms with E-state index in [-0.39, 0.29) is 16.4 Å². The molecule has 2 bridgehead atoms. The first-order chi connectivity index (χ1) is 22.9. The van der Waals surface area contributed by atoms with E-state index in [4.69, 9.17) is 16.3 Å². The largest absolute Gasteiger partial charge is 0.508 e. The third-order valence-corrected chi connectivity index (χ3v) is 9.68. The summed E-state index contributed by atoms with van der Waals surface area (Å²) in [5, 5.41) is 19.3. The molecule has 0 aliphatic carbocycles. The van der Waals surface area contributed by atoms with Crippen LogP contribution in [0.25, 0.3) is 16.3 Å². The van der Waals surface area contributed by atoms with E-state index in [1.807, 2.05) is 24.3 Å². The lowest BCUT2D eigenvalue weighted by molar-refractivity contribution is 0.226. The number of nitrogens with zero attached hydrogens (tertiary/aromatic N) is 5. The summed E-state index contributed by atoms with van der Waals surface area (Å²) in [4.78, 5) is 15.8. The number of halogens is 2. The third kappa shape index (κ3) is 9.21. The van der Waals surface area contributed by atoms with Crippen molar-refractivity contribution in [3.63, 3.8) is 0 Å². The molecular weight excluding hydrogens is 617 g/mol. The number of phenolic OH excluding ortho intramolecular Hbond substituents is 1. The van der Waals surface area contributed by atoms with Crippen LogP contribution < -0.4 is 10.6 Å². The van der Waals surface area contributed by atoms with Gasteiger partial charge in [-0.15, -0.1) is 0 Å². The average Bonchev–Trinajstić information content (AvgIpc) is 3.76. The summed E-state index contributed by atoms with van der Waals surface area (Å²) in [5.41, 5.74) is 1.37. The van der Waals surface area contributed by atoms with Gasteiger partial charge in [-0.2, -0.15) is 0 Å². The van der Waals surface area contributed by atoms with Gasteiger partial charge in [0.05, 0.1) is 17.8 Å². The number of benzene rings is 2. The Labute approximate surface area is 282 Å². The van der Waals surface area contributed by atoms with Crippen molar-refractivity contribution >= 4 is 40.2 Å². The fraction of sp³-hybridized carbons (Fsp3) is 0.500. The maximum Gasteiger partial charge on any atom is 0.173 e. The highest BCUT2D eigenvalue weighted by atomic mass is 35.5. The fourth-order valence-corrected chi connectivity index (χ4v) is 7.18. The van der Waals surface area contributed by atoms with Gasteiger partial charge in [0.15, 0.2) is 18.1 Å². The van der Waals surface area contributed by atoms with Crippen LogP contribution in [0.5, 0.6) is 5.75 Å². The van der Waals surface area contributed by atoms with E-state index in [2.05, 4.69) is 42.4 Å². The van der Waals surface area contributed by atoms with Crippen molar-refractivity contribution < 1.29 is 14.2 Å². The standard InChI is InChI=1S/C36H47ClFN7O2/c1-43(13-4-5-15-44-16-11-39-12-17-44)14-6-18-47-25-40-22-33(38)35(31-20-29(46)19-26-7-2-3-8-30(26)31)32(37)21-34-36(42-34)45-23-27-9-10-28(24-45)41-27/h2-3,7-8,19-22,25,27-28,39,41,46H,4-6,9-18,23-24H2,1H3/b33-22-,34-21-,35-32+,40-25?. The van der Waals surface area contributed by atoms with Gasteiger partial charge in [-0.25, -0.2) is 14.4 Å². The zero-order valence-corrected chi connectivity index (χ0v) is 28.1. The topological polar surface area (TPSA) is 88.0 Å². The number of amidine groups is 1. The van der Waals surface area contributed by atoms with Crippen LogP contribution in [0.4, 0.5) is 4.39 Å². The van der Waals surface area contributed by atoms with Gasteiger partial charge >= 0.3 is 0 Å². The Morgan fingerprint density at radius 1 is 1.13 bits per heavy atom. The first-order valence-electron chi connectivity index (χ1n) is 17.0. The molecule has 2 aromatic carbocycles. The molecule has 47 heavy (non-hydrogen) atoms. The Kier molecular flexibility index (Phi) is 11.6. The predicted octanol–water partition coefficient (Wildman–Crippen LogP) is 5.09. The molecule has 3 saturated heterocycles. The number of allylic oxidation sites excluding steroid dienone is 4. The fourth-order valence-electron chi connectivity index (χ4n) is 6.89. The summed E-state index contributed by atoms with van der Waals surface area (Å²) >= 11 is 6.88. The molecule has 9 nitrogen and oxygen atoms in total. The number of piperazine rings is 2. The minimum absolute atomic E-state index is 0.0251. The lowest BCUT2D eigenvalue weighted by Gasteiger charge is -2.31. The summed E-state index contributed by atoms with van der Waals surface area (Å²) in [6.45, 7) is 9.96. The predicted molar refractivity (Wildman–Crippen MR) is 190 cm³/mol. The number of hydrogen-bond acceptors (Lipinski definition) is 9. The molecule has 0 amide bonds. The molecule has 6 rings (SSSR count). The molecule has 4 heterocycles. The lowest BCUT2D eigenvalue weighted by atomic mass is 9.96. The molecule has 3 fully saturated rings. The van der Waals surface area contributed by atoms with Crippen LogP contribution in [0.1, 0.15) is 37.7 Å². The van der Waals surface area contributed by atoms with E-state index < -0.39 is 5.83 Å². The van der Waals surface area contributed by atoms with Crippen LogP contribution in [-0.4, -0.2) is 117 Å². The van der Waals surface area contributed by atoms with E-state index in [0.29, 0.717) is 24.3 Å². The summed E-state index contributed by atoms with van der Waals surface area (Å²) in [6, 6.07) is 11.7. The number of fused-ring (bicyclic) bond motifs is 3. The summed E-state index contributed by atoms with van der Waals surface area (Å²) in [7, 11) is 2.14. The number of aliphatic imine (C=N–C) groups is 2. The van der Waals surface area contributed by atoms with Crippen molar-refractivity contribution in [1.82, 2.24) is 25.3 Å². The van der Waals surface area contributed by atoms with Gasteiger partial charge in [-0.05, 0) is 86.8 Å². The van der Waals surface area contributed by atoms with Gasteiger partial charge in [-0.1, -0.05) is 35.9 Å². The van der Waals surface area contributed by atoms with Gasteiger partial charge in [0, 0.05) is 63.5 Å². The van der Waals surface area contributed by atoms with Crippen LogP contribution in [0.2, 0.25) is 0 Å². The Bertz CT molecular complexity index is 1540. The zero-order chi connectivity index (χ0) is 32.6. The Morgan fingerprint density at radius 3 is 2.70 bits per heavy atom. The second-order valence-corrected chi connectivity index (χ2v) is 13.4. The van der Waals surface area contributed by atoms with E-state index in [1.54, 1.807) is 12.1 Å². The van der Waals surface area contributed by atoms with Crippen LogP contribution in [-0.2, 0) is 4.74 Å². The normalized spacial score (nSPS) is 23.2. The van der Waals surface area contributed by atoms with Crippen LogP contribution in [0.15, 0.2) is 75.2 Å². The molecule has 0 aromatic heterocycles. The van der Waals surface area contributed by atoms with Gasteiger partial charge in [0.1, 0.15) is 11.4 Å². The molecule has 0 radical (unpaired) electrons. The van der Waals surface area contributed by atoms with Crippen molar-refractivity contribution in [2.24, 2.45) is 9.98 Å². The average molecular weight is 664 g/mol. The van der Waals surface area contributed by atoms with Crippen LogP contribution >= 0.6 is 11.6 Å². The monoisotopic (exact) mass is 663 g/mol. The van der Waals surface area contributed by atoms with Gasteiger partial charge in [-0.3, -0.25) is 0 Å². The van der Waals surface area contributed by atoms with Crippen molar-refractivity contribution in [3.8, 4) is 5.75 Å². The lowest BCUT2D eigenvalue weighted by Crippen LogP contribution is -2.51. The first kappa shape index (κ1) is 33.6. The Hall–Kier alpha value is -3.28. The maximum atomic E-state index is 16.0. The molecule has 3 N–H and O–H groups in total. The van der Waals surface area contributed by atoms with Crippen molar-refractivity contribution in [3.05, 3.63) is 70.8 Å². The van der Waals surface area contributed by atoms with Crippen molar-refractivity contribution in [1.29, 1.82) is 0 Å². The highest BCUT2D eigenvalue weighted by Crippen LogP contribution is 2.39. The smallest absolute Gasteiger partial charge is 0.173 e. The Morgan fingerprint density at radius 2 is 1.89 bits per heavy atom. The number of hydrogen-bond donors (Lipinski definition) is 3. The summed E-state index contributed by atoms with van der Waals surface area (Å²) in [5.74, 6) is 0.306. The van der Waals surface area contributed by atoms with Gasteiger partial charge in [0.2, 0.25) is 0 Å². The van der Waals surface area contributed by atoms with Gasteiger partial charge < -0.3 is 35.2 Å². The van der Waals surface area contributed by atoms with E-state index >= 15 is 4.39 Å². The van der Waals surface area contributed by atoms with E-state index in [1.165, 1.54) is 44.7 Å². The minimum atomic E-state index is -0.634. The molecule has 252 valence electrons. The van der Waals surface area contributed by atoms with E-state index in [0.717, 1.165) is 87.3 Å². The third-order valence-electron chi connectivity index (χ3n) is 9.38. The quantitative estimate of drug-likeness (QED) is 0.112. The van der Waals surface area contributed by atoms with Crippen LogP contribution in [0, 0.1) is 0 Å². The number of aromatic hydroxyl groups is 1. The number of unbranched alkanes of at least 4 members (excludes halogenated alkanes) is 1. The molecule has 4 aliphatic rings. The molecule has 11 heteroatoms. The molecule has 4 aliphatic heterocycles.